The van der Waals surface area contributed by atoms with Crippen LogP contribution in [0.5, 0.6) is 5.75 Å². The van der Waals surface area contributed by atoms with E-state index < -0.39 is 0 Å². The molecule has 2 aliphatic heterocycles. The number of nitrogens with one attached hydrogen (secondary N) is 1. The molecule has 1 aromatic heterocycles. The molecule has 1 fully saturated rings. The lowest BCUT2D eigenvalue weighted by molar-refractivity contribution is -0.127. The summed E-state index contributed by atoms with van der Waals surface area (Å²) in [5, 5.41) is 9.28. The van der Waals surface area contributed by atoms with Gasteiger partial charge in [0.1, 0.15) is 30.5 Å². The Bertz CT molecular complexity index is 1380. The molecule has 9 heteroatoms. The number of carbonyl (C=O) groups excluding carboxylic acids is 1. The Balaban J connectivity index is 1.48. The third-order valence-corrected chi connectivity index (χ3v) is 6.62. The summed E-state index contributed by atoms with van der Waals surface area (Å²) < 4.78 is 7.84. The molecule has 0 saturated carbocycles. The number of hydrogen-bond acceptors (Lipinski definition) is 6. The Hall–Kier alpha value is -3.78. The molecular formula is C26H27ClN6O2. The minimum absolute atomic E-state index is 0.00579. The summed E-state index contributed by atoms with van der Waals surface area (Å²) in [4.78, 5) is 18.7. The Morgan fingerprint density at radius 2 is 2.11 bits per heavy atom. The molecule has 3 heterocycles. The highest BCUT2D eigenvalue weighted by molar-refractivity contribution is 6.32. The predicted octanol–water partition coefficient (Wildman–Crippen LogP) is 2.34. The van der Waals surface area contributed by atoms with Crippen LogP contribution in [-0.4, -0.2) is 40.3 Å². The lowest BCUT2D eigenvalue weighted by Gasteiger charge is -2.32. The summed E-state index contributed by atoms with van der Waals surface area (Å²) in [6.07, 6.45) is 3.13. The topological polar surface area (TPSA) is 97.8 Å². The summed E-state index contributed by atoms with van der Waals surface area (Å²) in [6, 6.07) is 15.5. The Labute approximate surface area is 208 Å². The van der Waals surface area contributed by atoms with Gasteiger partial charge in [-0.3, -0.25) is 4.79 Å². The number of likely N-dealkylation sites (tertiary alicyclic amines) is 1. The van der Waals surface area contributed by atoms with E-state index in [9.17, 15) is 4.79 Å². The first kappa shape index (κ1) is 23.0. The van der Waals surface area contributed by atoms with E-state index in [0.717, 1.165) is 34.7 Å². The lowest BCUT2D eigenvalue weighted by Crippen LogP contribution is -2.47. The highest BCUT2D eigenvalue weighted by Gasteiger charge is 2.27. The molecule has 1 saturated heterocycles. The fourth-order valence-corrected chi connectivity index (χ4v) is 4.79. The minimum atomic E-state index is -0.0708. The van der Waals surface area contributed by atoms with Crippen molar-refractivity contribution in [2.24, 2.45) is 10.7 Å². The van der Waals surface area contributed by atoms with Crippen molar-refractivity contribution < 1.29 is 9.53 Å². The maximum absolute atomic E-state index is 12.2. The van der Waals surface area contributed by atoms with Crippen LogP contribution in [0.1, 0.15) is 24.4 Å². The quantitative estimate of drug-likeness (QED) is 0.517. The average Bonchev–Trinajstić information content (AvgIpc) is 3.29. The first-order chi connectivity index (χ1) is 17.0. The zero-order chi connectivity index (χ0) is 24.4. The number of piperidine rings is 1. The number of halogens is 1. The first-order valence-corrected chi connectivity index (χ1v) is 12.0. The Kier molecular flexibility index (Phi) is 6.46. The third kappa shape index (κ3) is 4.61. The molecule has 2 aliphatic rings. The van der Waals surface area contributed by atoms with Gasteiger partial charge in [-0.05, 0) is 42.7 Å². The number of nitrogens with zero attached hydrogens (tertiary/aromatic N) is 4. The summed E-state index contributed by atoms with van der Waals surface area (Å²) in [5.74, 6) is 1.04. The SMILES string of the molecule is C=CC(=O)N1CCC[C@@H](n2nc(-c3ccc(OCc4ccccc4)c(Cl)c3)c3c2=NCNC=3N)C1. The molecule has 3 aromatic rings. The number of carbonyl (C=O) groups is 1. The normalized spacial score (nSPS) is 17.2. The van der Waals surface area contributed by atoms with E-state index in [-0.39, 0.29) is 11.9 Å². The van der Waals surface area contributed by atoms with Gasteiger partial charge in [0.15, 0.2) is 5.49 Å². The van der Waals surface area contributed by atoms with E-state index in [0.29, 0.717) is 48.7 Å². The fraction of sp³-hybridized carbons (Fsp3) is 0.269. The average molecular weight is 491 g/mol. The molecule has 180 valence electrons. The highest BCUT2D eigenvalue weighted by Crippen LogP contribution is 2.30. The monoisotopic (exact) mass is 490 g/mol. The number of benzene rings is 2. The van der Waals surface area contributed by atoms with Gasteiger partial charge < -0.3 is 20.7 Å². The molecule has 0 bridgehead atoms. The zero-order valence-corrected chi connectivity index (χ0v) is 20.0. The van der Waals surface area contributed by atoms with Crippen molar-refractivity contribution in [1.82, 2.24) is 20.0 Å². The van der Waals surface area contributed by atoms with Crippen molar-refractivity contribution in [3.63, 3.8) is 0 Å². The summed E-state index contributed by atoms with van der Waals surface area (Å²) >= 11 is 6.60. The molecule has 0 aliphatic carbocycles. The van der Waals surface area contributed by atoms with Gasteiger partial charge in [0.2, 0.25) is 5.91 Å². The van der Waals surface area contributed by atoms with E-state index in [4.69, 9.17) is 27.2 Å². The largest absolute Gasteiger partial charge is 0.487 e. The lowest BCUT2D eigenvalue weighted by atomic mass is 10.1. The molecule has 5 rings (SSSR count). The van der Waals surface area contributed by atoms with Crippen LogP contribution in [0, 0.1) is 0 Å². The van der Waals surface area contributed by atoms with Gasteiger partial charge in [0, 0.05) is 18.7 Å². The molecule has 0 radical (unpaired) electrons. The number of aromatic nitrogens is 2. The number of ether oxygens (including phenoxy) is 1. The van der Waals surface area contributed by atoms with Crippen molar-refractivity contribution in [2.75, 3.05) is 19.8 Å². The van der Waals surface area contributed by atoms with Crippen molar-refractivity contribution in [1.29, 1.82) is 0 Å². The number of fused-ring (bicyclic) bond motifs is 1. The van der Waals surface area contributed by atoms with Gasteiger partial charge in [-0.2, -0.15) is 5.10 Å². The van der Waals surface area contributed by atoms with Crippen LogP contribution >= 0.6 is 11.6 Å². The van der Waals surface area contributed by atoms with E-state index in [1.807, 2.05) is 53.2 Å². The molecule has 1 amide bonds. The van der Waals surface area contributed by atoms with Crippen LogP contribution < -0.4 is 26.5 Å². The molecule has 2 aromatic carbocycles. The fourth-order valence-electron chi connectivity index (χ4n) is 4.55. The van der Waals surface area contributed by atoms with Gasteiger partial charge in [-0.15, -0.1) is 0 Å². The minimum Gasteiger partial charge on any atom is -0.487 e. The summed E-state index contributed by atoms with van der Waals surface area (Å²) in [6.45, 7) is 5.68. The van der Waals surface area contributed by atoms with Crippen molar-refractivity contribution >= 4 is 23.3 Å². The molecule has 3 N–H and O–H groups in total. The van der Waals surface area contributed by atoms with Crippen LogP contribution in [-0.2, 0) is 11.4 Å². The van der Waals surface area contributed by atoms with Gasteiger partial charge in [-0.1, -0.05) is 48.5 Å². The van der Waals surface area contributed by atoms with Gasteiger partial charge in [0.05, 0.1) is 16.3 Å². The molecule has 35 heavy (non-hydrogen) atoms. The maximum atomic E-state index is 12.2. The van der Waals surface area contributed by atoms with Crippen LogP contribution in [0.25, 0.3) is 17.1 Å². The second-order valence-electron chi connectivity index (χ2n) is 8.60. The maximum Gasteiger partial charge on any atom is 0.246 e. The van der Waals surface area contributed by atoms with Crippen LogP contribution in [0.4, 0.5) is 0 Å². The van der Waals surface area contributed by atoms with Gasteiger partial charge >= 0.3 is 0 Å². The smallest absolute Gasteiger partial charge is 0.246 e. The molecule has 1 atom stereocenters. The second-order valence-corrected chi connectivity index (χ2v) is 9.01. The summed E-state index contributed by atoms with van der Waals surface area (Å²) in [5.41, 5.74) is 9.65. The zero-order valence-electron chi connectivity index (χ0n) is 19.3. The van der Waals surface area contributed by atoms with Crippen LogP contribution in [0.3, 0.4) is 0 Å². The van der Waals surface area contributed by atoms with Gasteiger partial charge in [-0.25, -0.2) is 9.67 Å². The standard InChI is InChI=1S/C26H27ClN6O2/c1-2-22(34)32-12-6-9-19(14-32)33-26-23(25(28)29-16-30-26)24(31-33)18-10-11-21(20(27)13-18)35-15-17-7-4-3-5-8-17/h2-5,7-8,10-11,13,19,29H,1,6,9,12,14-16,28H2/t19-/m1/s1. The van der Waals surface area contributed by atoms with E-state index in [1.165, 1.54) is 6.08 Å². The van der Waals surface area contributed by atoms with Crippen molar-refractivity contribution in [3.05, 3.63) is 82.5 Å². The summed E-state index contributed by atoms with van der Waals surface area (Å²) in [7, 11) is 0. The first-order valence-electron chi connectivity index (χ1n) is 11.6. The third-order valence-electron chi connectivity index (χ3n) is 6.32. The van der Waals surface area contributed by atoms with E-state index in [1.54, 1.807) is 4.90 Å². The number of hydrogen-bond donors (Lipinski definition) is 2. The molecular weight excluding hydrogens is 464 g/mol. The number of nitrogens with two attached hydrogens (primary N) is 1. The second kappa shape index (κ2) is 9.84. The number of rotatable bonds is 6. The Morgan fingerprint density at radius 3 is 2.89 bits per heavy atom. The van der Waals surface area contributed by atoms with E-state index >= 15 is 0 Å². The molecule has 8 nitrogen and oxygen atoms in total. The Morgan fingerprint density at radius 1 is 1.29 bits per heavy atom. The molecule has 0 unspecified atom stereocenters. The van der Waals surface area contributed by atoms with Crippen molar-refractivity contribution in [2.45, 2.75) is 25.5 Å². The van der Waals surface area contributed by atoms with E-state index in [2.05, 4.69) is 16.9 Å². The highest BCUT2D eigenvalue weighted by atomic mass is 35.5. The van der Waals surface area contributed by atoms with Crippen LogP contribution in [0.2, 0.25) is 5.02 Å². The molecule has 0 spiro atoms. The van der Waals surface area contributed by atoms with Crippen LogP contribution in [0.15, 0.2) is 66.2 Å². The number of amides is 1. The van der Waals surface area contributed by atoms with Crippen molar-refractivity contribution in [3.8, 4) is 17.0 Å². The van der Waals surface area contributed by atoms with Gasteiger partial charge in [0.25, 0.3) is 0 Å². The predicted molar refractivity (Wildman–Crippen MR) is 135 cm³/mol.